The molecule has 5 heteroatoms. The van der Waals surface area contributed by atoms with E-state index in [2.05, 4.69) is 15.3 Å². The summed E-state index contributed by atoms with van der Waals surface area (Å²) >= 11 is 0. The van der Waals surface area contributed by atoms with Crippen LogP contribution in [0.5, 0.6) is 0 Å². The molecule has 0 fully saturated rings. The molecular weight excluding hydrogens is 254 g/mol. The van der Waals surface area contributed by atoms with Gasteiger partial charge >= 0.3 is 5.97 Å². The molecule has 0 unspecified atom stereocenters. The molecule has 0 saturated heterocycles. The van der Waals surface area contributed by atoms with Crippen LogP contribution in [0.4, 0.5) is 11.5 Å². The smallest absolute Gasteiger partial charge is 0.335 e. The number of aryl methyl sites for hydroxylation is 1. The van der Waals surface area contributed by atoms with Crippen LogP contribution in [0.25, 0.3) is 0 Å². The zero-order valence-electron chi connectivity index (χ0n) is 11.7. The summed E-state index contributed by atoms with van der Waals surface area (Å²) in [6.07, 6.45) is 3.40. The lowest BCUT2D eigenvalue weighted by atomic mass is 10.1. The molecule has 0 saturated carbocycles. The summed E-state index contributed by atoms with van der Waals surface area (Å²) in [5.74, 6) is -0.283. The lowest BCUT2D eigenvalue weighted by molar-refractivity contribution is 0.0696. The quantitative estimate of drug-likeness (QED) is 0.891. The number of nitrogens with zero attached hydrogens (tertiary/aromatic N) is 2. The van der Waals surface area contributed by atoms with Crippen LogP contribution in [0.1, 0.15) is 41.4 Å². The third kappa shape index (κ3) is 3.12. The number of carboxylic acids is 1. The zero-order valence-corrected chi connectivity index (χ0v) is 11.7. The summed E-state index contributed by atoms with van der Waals surface area (Å²) in [4.78, 5) is 19.7. The zero-order chi connectivity index (χ0) is 14.7. The molecule has 0 bridgehead atoms. The van der Waals surface area contributed by atoms with Crippen molar-refractivity contribution in [2.45, 2.75) is 26.7 Å². The lowest BCUT2D eigenvalue weighted by Gasteiger charge is -2.12. The number of pyridine rings is 2. The topological polar surface area (TPSA) is 75.1 Å². The van der Waals surface area contributed by atoms with E-state index in [9.17, 15) is 4.79 Å². The first-order valence-electron chi connectivity index (χ1n) is 6.40. The van der Waals surface area contributed by atoms with Gasteiger partial charge in [-0.3, -0.25) is 4.98 Å². The summed E-state index contributed by atoms with van der Waals surface area (Å²) in [6.45, 7) is 5.91. The minimum atomic E-state index is -0.958. The van der Waals surface area contributed by atoms with Crippen molar-refractivity contribution in [3.63, 3.8) is 0 Å². The second kappa shape index (κ2) is 5.69. The maximum Gasteiger partial charge on any atom is 0.335 e. The Balaban J connectivity index is 2.41. The average Bonchev–Trinajstić information content (AvgIpc) is 2.41. The summed E-state index contributed by atoms with van der Waals surface area (Å²) in [7, 11) is 0. The molecule has 2 aromatic rings. The molecule has 20 heavy (non-hydrogen) atoms. The van der Waals surface area contributed by atoms with Crippen LogP contribution in [0.3, 0.4) is 0 Å². The standard InChI is InChI=1S/C15H17N3O2/c1-9(2)12-6-11(15(19)20)7-14(17-12)18-13-8-16-5-4-10(13)3/h4-9H,1-3H3,(H,17,18)(H,19,20). The summed E-state index contributed by atoms with van der Waals surface area (Å²) < 4.78 is 0. The molecule has 0 amide bonds. The average molecular weight is 271 g/mol. The molecule has 2 heterocycles. The van der Waals surface area contributed by atoms with Gasteiger partial charge in [-0.15, -0.1) is 0 Å². The number of rotatable bonds is 4. The van der Waals surface area contributed by atoms with E-state index >= 15 is 0 Å². The maximum absolute atomic E-state index is 11.2. The van der Waals surface area contributed by atoms with Gasteiger partial charge in [0.2, 0.25) is 0 Å². The molecule has 2 N–H and O–H groups in total. The van der Waals surface area contributed by atoms with Gasteiger partial charge in [0.05, 0.1) is 17.4 Å². The summed E-state index contributed by atoms with van der Waals surface area (Å²) in [6, 6.07) is 5.02. The Morgan fingerprint density at radius 1 is 1.35 bits per heavy atom. The first kappa shape index (κ1) is 14.0. The van der Waals surface area contributed by atoms with Gasteiger partial charge in [-0.1, -0.05) is 13.8 Å². The summed E-state index contributed by atoms with van der Waals surface area (Å²) in [5, 5.41) is 12.3. The van der Waals surface area contributed by atoms with E-state index in [0.29, 0.717) is 5.82 Å². The third-order valence-electron chi connectivity index (χ3n) is 2.99. The van der Waals surface area contributed by atoms with Crippen molar-refractivity contribution in [3.05, 3.63) is 47.4 Å². The minimum Gasteiger partial charge on any atom is -0.478 e. The van der Waals surface area contributed by atoms with Crippen molar-refractivity contribution < 1.29 is 9.90 Å². The number of hydrogen-bond acceptors (Lipinski definition) is 4. The normalized spacial score (nSPS) is 10.6. The molecule has 2 rings (SSSR count). The fourth-order valence-corrected chi connectivity index (χ4v) is 1.77. The number of carbonyl (C=O) groups is 1. The molecule has 0 aliphatic carbocycles. The molecule has 0 aromatic carbocycles. The highest BCUT2D eigenvalue weighted by Gasteiger charge is 2.11. The van der Waals surface area contributed by atoms with E-state index in [0.717, 1.165) is 16.9 Å². The van der Waals surface area contributed by atoms with Crippen LogP contribution in [0.2, 0.25) is 0 Å². The molecule has 0 aliphatic rings. The van der Waals surface area contributed by atoms with E-state index in [1.54, 1.807) is 18.5 Å². The number of aromatic carboxylic acids is 1. The Morgan fingerprint density at radius 2 is 2.10 bits per heavy atom. The fourth-order valence-electron chi connectivity index (χ4n) is 1.77. The van der Waals surface area contributed by atoms with Crippen molar-refractivity contribution in [2.24, 2.45) is 0 Å². The fraction of sp³-hybridized carbons (Fsp3) is 0.267. The van der Waals surface area contributed by atoms with Crippen molar-refractivity contribution in [1.29, 1.82) is 0 Å². The van der Waals surface area contributed by atoms with Gasteiger partial charge in [0, 0.05) is 11.9 Å². The Bertz CT molecular complexity index is 639. The largest absolute Gasteiger partial charge is 0.478 e. The van der Waals surface area contributed by atoms with Gasteiger partial charge in [0.1, 0.15) is 5.82 Å². The van der Waals surface area contributed by atoms with Crippen LogP contribution < -0.4 is 5.32 Å². The number of hydrogen-bond donors (Lipinski definition) is 2. The molecule has 0 spiro atoms. The predicted octanol–water partition coefficient (Wildman–Crippen LogP) is 3.35. The number of carboxylic acid groups (broad SMARTS) is 1. The highest BCUT2D eigenvalue weighted by molar-refractivity contribution is 5.89. The van der Waals surface area contributed by atoms with E-state index in [1.807, 2.05) is 26.8 Å². The number of nitrogens with one attached hydrogen (secondary N) is 1. The van der Waals surface area contributed by atoms with Crippen molar-refractivity contribution in [2.75, 3.05) is 5.32 Å². The SMILES string of the molecule is Cc1ccncc1Nc1cc(C(=O)O)cc(C(C)C)n1. The van der Waals surface area contributed by atoms with Crippen LogP contribution in [0, 0.1) is 6.92 Å². The van der Waals surface area contributed by atoms with Crippen molar-refractivity contribution in [1.82, 2.24) is 9.97 Å². The second-order valence-corrected chi connectivity index (χ2v) is 4.94. The van der Waals surface area contributed by atoms with Gasteiger partial charge in [0.15, 0.2) is 0 Å². The molecule has 2 aromatic heterocycles. The van der Waals surface area contributed by atoms with Gasteiger partial charge in [-0.05, 0) is 36.6 Å². The van der Waals surface area contributed by atoms with Gasteiger partial charge in [-0.2, -0.15) is 0 Å². The van der Waals surface area contributed by atoms with E-state index in [-0.39, 0.29) is 11.5 Å². The minimum absolute atomic E-state index is 0.157. The molecule has 0 atom stereocenters. The Kier molecular flexibility index (Phi) is 3.98. The Labute approximate surface area is 117 Å². The molecule has 0 radical (unpaired) electrons. The molecule has 5 nitrogen and oxygen atoms in total. The maximum atomic E-state index is 11.2. The van der Waals surface area contributed by atoms with E-state index < -0.39 is 5.97 Å². The number of anilines is 2. The van der Waals surface area contributed by atoms with Gasteiger partial charge in [-0.25, -0.2) is 9.78 Å². The van der Waals surface area contributed by atoms with Gasteiger partial charge in [0.25, 0.3) is 0 Å². The highest BCUT2D eigenvalue weighted by atomic mass is 16.4. The van der Waals surface area contributed by atoms with E-state index in [1.165, 1.54) is 6.07 Å². The number of aromatic nitrogens is 2. The predicted molar refractivity (Wildman–Crippen MR) is 77.5 cm³/mol. The first-order valence-corrected chi connectivity index (χ1v) is 6.40. The first-order chi connectivity index (χ1) is 9.47. The molecular formula is C15H17N3O2. The monoisotopic (exact) mass is 271 g/mol. The van der Waals surface area contributed by atoms with Crippen LogP contribution in [-0.4, -0.2) is 21.0 Å². The molecule has 104 valence electrons. The van der Waals surface area contributed by atoms with Crippen molar-refractivity contribution >= 4 is 17.5 Å². The lowest BCUT2D eigenvalue weighted by Crippen LogP contribution is -2.05. The highest BCUT2D eigenvalue weighted by Crippen LogP contribution is 2.22. The van der Waals surface area contributed by atoms with Gasteiger partial charge < -0.3 is 10.4 Å². The molecule has 0 aliphatic heterocycles. The van der Waals surface area contributed by atoms with E-state index in [4.69, 9.17) is 5.11 Å². The Hall–Kier alpha value is -2.43. The second-order valence-electron chi connectivity index (χ2n) is 4.94. The summed E-state index contributed by atoms with van der Waals surface area (Å²) in [5.41, 5.74) is 2.81. The third-order valence-corrected chi connectivity index (χ3v) is 2.99. The van der Waals surface area contributed by atoms with Crippen LogP contribution in [0.15, 0.2) is 30.6 Å². The Morgan fingerprint density at radius 3 is 2.70 bits per heavy atom. The van der Waals surface area contributed by atoms with Crippen LogP contribution >= 0.6 is 0 Å². The van der Waals surface area contributed by atoms with Crippen LogP contribution in [-0.2, 0) is 0 Å². The van der Waals surface area contributed by atoms with Crippen molar-refractivity contribution in [3.8, 4) is 0 Å².